The van der Waals surface area contributed by atoms with Gasteiger partial charge in [0.2, 0.25) is 12.6 Å². The van der Waals surface area contributed by atoms with Crippen LogP contribution in [0.5, 0.6) is 0 Å². The first-order valence-corrected chi connectivity index (χ1v) is 27.1. The number of esters is 5. The van der Waals surface area contributed by atoms with Gasteiger partial charge in [-0.25, -0.2) is 0 Å². The first-order valence-electron chi connectivity index (χ1n) is 27.1. The molecule has 2 heterocycles. The molecule has 1 saturated carbocycles. The van der Waals surface area contributed by atoms with Crippen molar-refractivity contribution < 1.29 is 61.9 Å². The fourth-order valence-corrected chi connectivity index (χ4v) is 6.04. The standard InChI is InChI=1S/C16H30O3.2C11H20O3.C10H20O2.C9H18O2.10CH4/c1-5-16(3,4)15(17)19-13(2)18-12-11-14-9-7-6-8-10-14;1-8(2)9(3)11(12)14-10-6-4-5-7-13-10;1-4-11(2,3)10(12)14-9-7-5-6-8-13-9;1-7-10(5,6)8(11)12-9(2,3)4;1-6-7(2)8(10)11-9(3,4)5;;;;;;;;;;/h13-14H,5-12H2,1-4H3;8-10H,4-7H2,1-3H3;9H,4-8H2,1-3H3;7H2,1-6H3;7H,6H2,1-5H3;10*1H4. The molecule has 2 saturated heterocycles. The number of hydrogen-bond acceptors (Lipinski definition) is 13. The molecule has 13 nitrogen and oxygen atoms in total. The normalized spacial score (nSPS) is 16.8. The van der Waals surface area contributed by atoms with Crippen LogP contribution in [0.25, 0.3) is 0 Å². The van der Waals surface area contributed by atoms with Crippen molar-refractivity contribution >= 4 is 29.8 Å². The van der Waals surface area contributed by atoms with E-state index in [1.165, 1.54) is 32.1 Å². The van der Waals surface area contributed by atoms with Gasteiger partial charge in [0.15, 0.2) is 6.29 Å². The van der Waals surface area contributed by atoms with Crippen molar-refractivity contribution in [2.45, 2.75) is 352 Å². The van der Waals surface area contributed by atoms with Crippen molar-refractivity contribution in [2.75, 3.05) is 19.8 Å². The minimum Gasteiger partial charge on any atom is -0.460 e. The van der Waals surface area contributed by atoms with E-state index < -0.39 is 11.7 Å². The van der Waals surface area contributed by atoms with Crippen LogP contribution in [0.3, 0.4) is 0 Å². The molecule has 0 radical (unpaired) electrons. The zero-order chi connectivity index (χ0) is 54.5. The van der Waals surface area contributed by atoms with Gasteiger partial charge in [0.1, 0.15) is 11.2 Å². The third kappa shape index (κ3) is 50.9. The summed E-state index contributed by atoms with van der Waals surface area (Å²) in [6.07, 6.45) is 16.1. The number of hydrogen-bond donors (Lipinski definition) is 0. The highest BCUT2D eigenvalue weighted by Gasteiger charge is 2.32. The van der Waals surface area contributed by atoms with Crippen molar-refractivity contribution in [3.8, 4) is 0 Å². The molecular formula is C67H148O13. The molecule has 5 unspecified atom stereocenters. The molecule has 3 rings (SSSR count). The predicted octanol–water partition coefficient (Wildman–Crippen LogP) is 20.6. The lowest BCUT2D eigenvalue weighted by Gasteiger charge is -2.27. The summed E-state index contributed by atoms with van der Waals surface area (Å²) in [6, 6.07) is 0. The summed E-state index contributed by atoms with van der Waals surface area (Å²) in [4.78, 5) is 57.7. The molecule has 0 bridgehead atoms. The molecule has 0 aromatic carbocycles. The zero-order valence-electron chi connectivity index (χ0n) is 48.8. The van der Waals surface area contributed by atoms with Crippen molar-refractivity contribution in [1.82, 2.24) is 0 Å². The summed E-state index contributed by atoms with van der Waals surface area (Å²) >= 11 is 0. The van der Waals surface area contributed by atoms with Crippen LogP contribution in [-0.2, 0) is 61.9 Å². The highest BCUT2D eigenvalue weighted by atomic mass is 16.7. The van der Waals surface area contributed by atoms with Gasteiger partial charge < -0.3 is 37.9 Å². The van der Waals surface area contributed by atoms with Crippen molar-refractivity contribution in [3.63, 3.8) is 0 Å². The van der Waals surface area contributed by atoms with Gasteiger partial charge in [0.25, 0.3) is 0 Å². The Morgan fingerprint density at radius 1 is 0.463 bits per heavy atom. The highest BCUT2D eigenvalue weighted by Crippen LogP contribution is 2.28. The molecule has 80 heavy (non-hydrogen) atoms. The molecule has 13 heteroatoms. The van der Waals surface area contributed by atoms with E-state index in [4.69, 9.17) is 37.9 Å². The number of carbonyl (C=O) groups is 5. The van der Waals surface area contributed by atoms with Crippen LogP contribution in [0.2, 0.25) is 0 Å². The Morgan fingerprint density at radius 2 is 0.838 bits per heavy atom. The van der Waals surface area contributed by atoms with Crippen molar-refractivity contribution in [3.05, 3.63) is 0 Å². The summed E-state index contributed by atoms with van der Waals surface area (Å²) in [7, 11) is 0. The lowest BCUT2D eigenvalue weighted by atomic mass is 9.87. The topological polar surface area (TPSA) is 159 Å². The molecule has 3 aliphatic rings. The molecule has 3 fully saturated rings. The Kier molecular flexibility index (Phi) is 69.9. The molecule has 1 aliphatic carbocycles. The molecule has 0 aromatic heterocycles. The molecule has 0 N–H and O–H groups in total. The van der Waals surface area contributed by atoms with Gasteiger partial charge in [-0.15, -0.1) is 0 Å². The average Bonchev–Trinajstić information content (AvgIpc) is 3.29. The van der Waals surface area contributed by atoms with E-state index in [1.807, 2.05) is 145 Å². The lowest BCUT2D eigenvalue weighted by molar-refractivity contribution is -0.196. The fraction of sp³-hybridized carbons (Fsp3) is 0.925. The molecular weight excluding hydrogens is 1010 g/mol. The van der Waals surface area contributed by atoms with E-state index in [0.29, 0.717) is 25.7 Å². The molecule has 494 valence electrons. The number of ether oxygens (including phenoxy) is 8. The summed E-state index contributed by atoms with van der Waals surface area (Å²) in [5, 5.41) is 0. The largest absolute Gasteiger partial charge is 0.460 e. The van der Waals surface area contributed by atoms with Crippen LogP contribution < -0.4 is 0 Å². The van der Waals surface area contributed by atoms with E-state index in [9.17, 15) is 24.0 Å². The van der Waals surface area contributed by atoms with E-state index in [-0.39, 0.29) is 151 Å². The third-order valence-electron chi connectivity index (χ3n) is 13.1. The maximum atomic E-state index is 11.9. The van der Waals surface area contributed by atoms with Gasteiger partial charge in [0.05, 0.1) is 47.9 Å². The third-order valence-corrected chi connectivity index (χ3v) is 13.1. The second-order valence-electron chi connectivity index (χ2n) is 23.7. The van der Waals surface area contributed by atoms with E-state index in [2.05, 4.69) is 0 Å². The Morgan fingerprint density at radius 3 is 1.19 bits per heavy atom. The van der Waals surface area contributed by atoms with Crippen molar-refractivity contribution in [1.29, 1.82) is 0 Å². The zero-order valence-corrected chi connectivity index (χ0v) is 48.8. The molecule has 0 amide bonds. The van der Waals surface area contributed by atoms with Gasteiger partial charge in [-0.3, -0.25) is 24.0 Å². The second kappa shape index (κ2) is 53.0. The van der Waals surface area contributed by atoms with Gasteiger partial charge in [-0.2, -0.15) is 0 Å². The van der Waals surface area contributed by atoms with Crippen LogP contribution >= 0.6 is 0 Å². The van der Waals surface area contributed by atoms with Gasteiger partial charge >= 0.3 is 29.8 Å². The predicted molar refractivity (Wildman–Crippen MR) is 347 cm³/mol. The molecule has 5 atom stereocenters. The first-order chi connectivity index (χ1) is 32.2. The maximum Gasteiger partial charge on any atom is 0.313 e. The van der Waals surface area contributed by atoms with Gasteiger partial charge in [0, 0.05) is 12.8 Å². The minimum atomic E-state index is -0.429. The van der Waals surface area contributed by atoms with E-state index in [1.54, 1.807) is 0 Å². The van der Waals surface area contributed by atoms with Crippen LogP contribution in [0.1, 0.15) is 322 Å². The van der Waals surface area contributed by atoms with Crippen molar-refractivity contribution in [2.24, 2.45) is 39.9 Å². The Hall–Kier alpha value is -2.77. The minimum absolute atomic E-state index is 0. The summed E-state index contributed by atoms with van der Waals surface area (Å²) in [5.74, 6) is 0.459. The monoisotopic (exact) mass is 1160 g/mol. The molecule has 2 aliphatic heterocycles. The Bertz CT molecular complexity index is 1440. The second-order valence-corrected chi connectivity index (χ2v) is 23.7. The van der Waals surface area contributed by atoms with Crippen LogP contribution in [0.4, 0.5) is 0 Å². The SMILES string of the molecule is C.C.C.C.C.C.C.C.C.C.CC(C)C(C)C(=O)OC1CCCCO1.CCC(C)(C)C(=O)OC(C)(C)C.CCC(C)(C)C(=O)OC(C)OCCC1CCCCC1.CCC(C)(C)C(=O)OC1CCCCO1.CCC(C)C(=O)OC(C)(C)C. The number of rotatable bonds is 17. The van der Waals surface area contributed by atoms with Crippen LogP contribution in [0, 0.1) is 39.9 Å². The maximum absolute atomic E-state index is 11.9. The van der Waals surface area contributed by atoms with Crippen LogP contribution in [-0.4, -0.2) is 79.7 Å². The Labute approximate surface area is 502 Å². The number of carbonyl (C=O) groups excluding carboxylic acids is 5. The van der Waals surface area contributed by atoms with Crippen LogP contribution in [0.15, 0.2) is 0 Å². The smallest absolute Gasteiger partial charge is 0.313 e. The lowest BCUT2D eigenvalue weighted by Crippen LogP contribution is -2.33. The van der Waals surface area contributed by atoms with Gasteiger partial charge in [-0.1, -0.05) is 162 Å². The van der Waals surface area contributed by atoms with E-state index in [0.717, 1.165) is 76.5 Å². The van der Waals surface area contributed by atoms with Gasteiger partial charge in [-0.05, 0) is 160 Å². The fourth-order valence-electron chi connectivity index (χ4n) is 6.04. The quantitative estimate of drug-likeness (QED) is 0.0770. The molecule has 0 spiro atoms. The first kappa shape index (κ1) is 105. The highest BCUT2D eigenvalue weighted by molar-refractivity contribution is 5.77. The summed E-state index contributed by atoms with van der Waals surface area (Å²) in [6.45, 7) is 42.4. The summed E-state index contributed by atoms with van der Waals surface area (Å²) in [5.41, 5.74) is -1.88. The average molecular weight is 1160 g/mol. The van der Waals surface area contributed by atoms with E-state index >= 15 is 0 Å². The molecule has 0 aromatic rings. The summed E-state index contributed by atoms with van der Waals surface area (Å²) < 4.78 is 42.6. The Balaban J connectivity index is -0.0000000709.